The van der Waals surface area contributed by atoms with Crippen LogP contribution in [0.5, 0.6) is 0 Å². The van der Waals surface area contributed by atoms with E-state index < -0.39 is 22.4 Å². The highest BCUT2D eigenvalue weighted by atomic mass is 32.2. The molecule has 0 aromatic carbocycles. The maximum Gasteiger partial charge on any atom is 0.407 e. The number of amides is 2. The maximum atomic E-state index is 13.6. The van der Waals surface area contributed by atoms with E-state index in [0.29, 0.717) is 31.6 Å². The summed E-state index contributed by atoms with van der Waals surface area (Å²) in [7, 11) is -2.91. The molecule has 2 amide bonds. The zero-order valence-electron chi connectivity index (χ0n) is 22.2. The molecule has 2 unspecified atom stereocenters. The third-order valence-corrected chi connectivity index (χ3v) is 10.2. The van der Waals surface area contributed by atoms with E-state index in [9.17, 15) is 18.0 Å². The lowest BCUT2D eigenvalue weighted by Crippen LogP contribution is -2.49. The number of carbonyl (C=O) groups excluding carboxylic acids is 2. The molecular formula is C26H42N4O6S2. The Morgan fingerprint density at radius 1 is 0.974 bits per heavy atom. The molecule has 10 nitrogen and oxygen atoms in total. The number of rotatable bonds is 10. The second-order valence-corrected chi connectivity index (χ2v) is 13.5. The number of aryl methyl sites for hydroxylation is 2. The molecule has 2 saturated carbocycles. The molecule has 12 heteroatoms. The van der Waals surface area contributed by atoms with Crippen molar-refractivity contribution < 1.29 is 27.3 Å². The summed E-state index contributed by atoms with van der Waals surface area (Å²) in [4.78, 5) is 32.0. The lowest BCUT2D eigenvalue weighted by Gasteiger charge is -2.31. The first-order chi connectivity index (χ1) is 18.2. The first-order valence-electron chi connectivity index (χ1n) is 14.1. The number of fused-ring (bicyclic) bond motifs is 1. The number of alkyl carbamates (subject to hydrolysis) is 1. The summed E-state index contributed by atoms with van der Waals surface area (Å²) >= 11 is 1.69. The minimum Gasteiger partial charge on any atom is -0.453 e. The minimum atomic E-state index is -4.22. The van der Waals surface area contributed by atoms with Crippen molar-refractivity contribution in [2.45, 2.75) is 114 Å². The molecule has 214 valence electrons. The van der Waals surface area contributed by atoms with E-state index in [0.717, 1.165) is 74.9 Å². The minimum absolute atomic E-state index is 0.208. The summed E-state index contributed by atoms with van der Waals surface area (Å²) in [6.07, 6.45) is 13.5. The molecule has 0 spiro atoms. The number of thiazole rings is 1. The van der Waals surface area contributed by atoms with Crippen molar-refractivity contribution in [3.63, 3.8) is 0 Å². The molecule has 4 N–H and O–H groups in total. The first-order valence-corrected chi connectivity index (χ1v) is 16.3. The van der Waals surface area contributed by atoms with Gasteiger partial charge in [0.05, 0.1) is 18.8 Å². The summed E-state index contributed by atoms with van der Waals surface area (Å²) in [5.41, 5.74) is 1.14. The monoisotopic (exact) mass is 570 g/mol. The van der Waals surface area contributed by atoms with Crippen molar-refractivity contribution in [1.29, 1.82) is 0 Å². The van der Waals surface area contributed by atoms with Crippen molar-refractivity contribution in [3.05, 3.63) is 15.6 Å². The van der Waals surface area contributed by atoms with Crippen LogP contribution in [0.15, 0.2) is 0 Å². The fraction of sp³-hybridized carbons (Fsp3) is 0.808. The third kappa shape index (κ3) is 8.62. The van der Waals surface area contributed by atoms with Gasteiger partial charge in [-0.3, -0.25) is 9.35 Å². The zero-order valence-corrected chi connectivity index (χ0v) is 23.9. The molecule has 0 aliphatic heterocycles. The molecule has 38 heavy (non-hydrogen) atoms. The molecule has 4 rings (SSSR count). The average molecular weight is 571 g/mol. The van der Waals surface area contributed by atoms with Crippen LogP contribution in [0.25, 0.3) is 0 Å². The van der Waals surface area contributed by atoms with E-state index in [1.165, 1.54) is 18.4 Å². The van der Waals surface area contributed by atoms with Crippen LogP contribution >= 0.6 is 11.3 Å². The highest BCUT2D eigenvalue weighted by molar-refractivity contribution is 7.83. The van der Waals surface area contributed by atoms with Crippen LogP contribution in [0.1, 0.15) is 105 Å². The van der Waals surface area contributed by atoms with Crippen LogP contribution in [0, 0.1) is 11.8 Å². The number of ether oxygens (including phenoxy) is 1. The number of aromatic nitrogens is 1. The fourth-order valence-corrected chi connectivity index (χ4v) is 8.14. The van der Waals surface area contributed by atoms with Crippen molar-refractivity contribution in [2.75, 3.05) is 7.11 Å². The van der Waals surface area contributed by atoms with Gasteiger partial charge in [0.25, 0.3) is 0 Å². The topological polar surface area (TPSA) is 147 Å². The van der Waals surface area contributed by atoms with Gasteiger partial charge in [0.15, 0.2) is 0 Å². The van der Waals surface area contributed by atoms with Gasteiger partial charge >= 0.3 is 16.4 Å². The number of hydrogen-bond donors (Lipinski definition) is 4. The van der Waals surface area contributed by atoms with Crippen molar-refractivity contribution in [1.82, 2.24) is 20.3 Å². The second kappa shape index (κ2) is 13.5. The number of hydrogen-bond acceptors (Lipinski definition) is 7. The number of nitrogens with one attached hydrogen (secondary N) is 3. The van der Waals surface area contributed by atoms with E-state index in [-0.39, 0.29) is 23.9 Å². The highest BCUT2D eigenvalue weighted by Gasteiger charge is 2.32. The smallest absolute Gasteiger partial charge is 0.407 e. The van der Waals surface area contributed by atoms with Gasteiger partial charge in [-0.25, -0.2) is 9.78 Å². The van der Waals surface area contributed by atoms with Crippen LogP contribution in [0.2, 0.25) is 0 Å². The van der Waals surface area contributed by atoms with E-state index in [4.69, 9.17) is 14.3 Å². The predicted octanol–water partition coefficient (Wildman–Crippen LogP) is 4.22. The van der Waals surface area contributed by atoms with Gasteiger partial charge in [0.1, 0.15) is 11.0 Å². The van der Waals surface area contributed by atoms with Crippen molar-refractivity contribution in [3.8, 4) is 0 Å². The Morgan fingerprint density at radius 2 is 1.66 bits per heavy atom. The van der Waals surface area contributed by atoms with Gasteiger partial charge in [-0.1, -0.05) is 32.1 Å². The highest BCUT2D eigenvalue weighted by Crippen LogP contribution is 2.36. The van der Waals surface area contributed by atoms with Crippen molar-refractivity contribution >= 4 is 33.6 Å². The number of carbonyl (C=O) groups is 2. The summed E-state index contributed by atoms with van der Waals surface area (Å²) < 4.78 is 38.7. The van der Waals surface area contributed by atoms with Gasteiger partial charge in [0, 0.05) is 10.9 Å². The van der Waals surface area contributed by atoms with E-state index in [1.807, 2.05) is 0 Å². The van der Waals surface area contributed by atoms with Crippen LogP contribution in [-0.4, -0.2) is 49.1 Å². The second-order valence-electron chi connectivity index (χ2n) is 11.2. The Kier molecular flexibility index (Phi) is 10.4. The molecule has 2 atom stereocenters. The first kappa shape index (κ1) is 29.2. The maximum absolute atomic E-state index is 13.6. The summed E-state index contributed by atoms with van der Waals surface area (Å²) in [6, 6.07) is -1.22. The lowest BCUT2D eigenvalue weighted by molar-refractivity contribution is -0.124. The average Bonchev–Trinajstić information content (AvgIpc) is 3.33. The number of nitrogens with zero attached hydrogens (tertiary/aromatic N) is 1. The Labute approximate surface area is 230 Å². The predicted molar refractivity (Wildman–Crippen MR) is 145 cm³/mol. The summed E-state index contributed by atoms with van der Waals surface area (Å²) in [6.45, 7) is 0. The molecule has 0 saturated heterocycles. The van der Waals surface area contributed by atoms with Crippen LogP contribution in [0.4, 0.5) is 4.79 Å². The Morgan fingerprint density at radius 3 is 2.32 bits per heavy atom. The zero-order chi connectivity index (χ0) is 27.1. The Bertz CT molecular complexity index is 1020. The van der Waals surface area contributed by atoms with Gasteiger partial charge in [-0.05, 0) is 76.0 Å². The summed E-state index contributed by atoms with van der Waals surface area (Å²) in [5.74, 6) is 0.472. The SMILES string of the molecule is COC(=O)NC(CC1CCCCC1)C(=O)NC(CC1CCC(NS(=O)(=O)O)CC1)c1nc2c(s1)CCCC2. The molecule has 2 fully saturated rings. The van der Waals surface area contributed by atoms with Gasteiger partial charge in [0.2, 0.25) is 5.91 Å². The molecule has 1 heterocycles. The molecule has 0 radical (unpaired) electrons. The molecule has 0 bridgehead atoms. The fourth-order valence-electron chi connectivity index (χ4n) is 6.26. The van der Waals surface area contributed by atoms with Gasteiger partial charge in [-0.15, -0.1) is 11.3 Å². The Balaban J connectivity index is 1.47. The largest absolute Gasteiger partial charge is 0.453 e. The van der Waals surface area contributed by atoms with Gasteiger partial charge < -0.3 is 15.4 Å². The third-order valence-electron chi connectivity index (χ3n) is 8.30. The molecule has 1 aromatic heterocycles. The molecule has 1 aromatic rings. The van der Waals surface area contributed by atoms with E-state index in [2.05, 4.69) is 15.4 Å². The number of methoxy groups -OCH3 is 1. The summed E-state index contributed by atoms with van der Waals surface area (Å²) in [5, 5.41) is 6.93. The molecule has 3 aliphatic rings. The molecular weight excluding hydrogens is 528 g/mol. The quantitative estimate of drug-likeness (QED) is 0.308. The van der Waals surface area contributed by atoms with Crippen molar-refractivity contribution in [2.24, 2.45) is 11.8 Å². The van der Waals surface area contributed by atoms with E-state index in [1.54, 1.807) is 11.3 Å². The normalized spacial score (nSPS) is 24.2. The van der Waals surface area contributed by atoms with Crippen LogP contribution in [-0.2, 0) is 32.7 Å². The Hall–Kier alpha value is -1.76. The van der Waals surface area contributed by atoms with Crippen LogP contribution < -0.4 is 15.4 Å². The molecule has 3 aliphatic carbocycles. The van der Waals surface area contributed by atoms with Gasteiger partial charge in [-0.2, -0.15) is 13.1 Å². The van der Waals surface area contributed by atoms with Crippen LogP contribution in [0.3, 0.4) is 0 Å². The van der Waals surface area contributed by atoms with E-state index >= 15 is 0 Å². The standard InChI is InChI=1S/C26H42N4O6S2/c1-36-26(32)29-21(15-17-7-3-2-4-8-17)24(31)27-22(25-28-20-9-5-6-10-23(20)37-25)16-18-11-13-19(14-12-18)30-38(33,34)35/h17-19,21-22,30H,2-16H2,1H3,(H,27,31)(H,29,32)(H,33,34,35). The lowest BCUT2D eigenvalue weighted by atomic mass is 9.82.